The average molecular weight is 542 g/mol. The van der Waals surface area contributed by atoms with Gasteiger partial charge in [-0.3, -0.25) is 13.6 Å². The number of anilines is 1. The summed E-state index contributed by atoms with van der Waals surface area (Å²) in [7, 11) is 0. The van der Waals surface area contributed by atoms with Gasteiger partial charge in [0.15, 0.2) is 5.13 Å². The van der Waals surface area contributed by atoms with Crippen LogP contribution in [0.2, 0.25) is 10.0 Å². The van der Waals surface area contributed by atoms with Gasteiger partial charge in [-0.25, -0.2) is 19.9 Å². The minimum atomic E-state index is 0.117. The second-order valence-corrected chi connectivity index (χ2v) is 10.5. The summed E-state index contributed by atoms with van der Waals surface area (Å²) >= 11 is 14.8. The molecule has 35 heavy (non-hydrogen) atoms. The zero-order valence-electron chi connectivity index (χ0n) is 18.2. The van der Waals surface area contributed by atoms with Crippen LogP contribution in [0.4, 0.5) is 5.13 Å². The average Bonchev–Trinajstić information content (AvgIpc) is 3.59. The Hall–Kier alpha value is -3.31. The number of nitrogens with zero attached hydrogens (tertiary/aromatic N) is 6. The summed E-state index contributed by atoms with van der Waals surface area (Å²) in [5, 5.41) is 2.71. The number of ketones is 1. The predicted octanol–water partition coefficient (Wildman–Crippen LogP) is 5.94. The van der Waals surface area contributed by atoms with E-state index in [9.17, 15) is 4.79 Å². The summed E-state index contributed by atoms with van der Waals surface area (Å²) in [5.74, 6) is 0.117. The molecule has 8 nitrogen and oxygen atoms in total. The van der Waals surface area contributed by atoms with Crippen molar-refractivity contribution in [2.24, 2.45) is 0 Å². The molecule has 0 unspecified atom stereocenters. The number of hydrogen-bond donors (Lipinski definition) is 1. The third kappa shape index (κ3) is 5.06. The van der Waals surface area contributed by atoms with Crippen molar-refractivity contribution in [1.82, 2.24) is 28.7 Å². The molecule has 0 aliphatic rings. The lowest BCUT2D eigenvalue weighted by Gasteiger charge is -1.98. The predicted molar refractivity (Wildman–Crippen MR) is 141 cm³/mol. The largest absolute Gasteiger partial charge is 0.375 e. The molecule has 6 aromatic rings. The number of fused-ring (bicyclic) bond motifs is 2. The molecular weight excluding hydrogens is 525 g/mol. The summed E-state index contributed by atoms with van der Waals surface area (Å²) in [4.78, 5) is 30.0. The Morgan fingerprint density at radius 2 is 1.40 bits per heavy atom. The molecule has 6 heterocycles. The number of carbonyl (C=O) groups excluding carboxylic acids is 1. The van der Waals surface area contributed by atoms with Crippen LogP contribution in [0, 0.1) is 0 Å². The van der Waals surface area contributed by atoms with E-state index in [4.69, 9.17) is 28.9 Å². The van der Waals surface area contributed by atoms with Crippen molar-refractivity contribution < 1.29 is 4.79 Å². The first-order valence-electron chi connectivity index (χ1n) is 10.3. The van der Waals surface area contributed by atoms with E-state index in [1.54, 1.807) is 31.7 Å². The molecule has 0 aromatic carbocycles. The second-order valence-electron chi connectivity index (χ2n) is 7.49. The molecule has 176 valence electrons. The van der Waals surface area contributed by atoms with Gasteiger partial charge in [0, 0.05) is 47.0 Å². The van der Waals surface area contributed by atoms with Gasteiger partial charge >= 0.3 is 0 Å². The fourth-order valence-corrected chi connectivity index (χ4v) is 5.40. The SMILES string of the molecule is CC(=O)Cc1ncc(-c2cnc3cc(Cl)ccn23)s1.Nc1ncc(-c2cnc3cc(Cl)ccn23)s1. The minimum Gasteiger partial charge on any atom is -0.375 e. The van der Waals surface area contributed by atoms with Crippen LogP contribution in [-0.4, -0.2) is 34.5 Å². The number of halogens is 2. The van der Waals surface area contributed by atoms with Gasteiger partial charge in [0.1, 0.15) is 22.1 Å². The number of rotatable bonds is 4. The maximum Gasteiger partial charge on any atom is 0.180 e. The van der Waals surface area contributed by atoms with Crippen molar-refractivity contribution in [3.05, 3.63) is 76.5 Å². The van der Waals surface area contributed by atoms with Crippen molar-refractivity contribution in [2.45, 2.75) is 13.3 Å². The molecule has 12 heteroatoms. The third-order valence-electron chi connectivity index (χ3n) is 4.93. The molecule has 0 saturated carbocycles. The lowest BCUT2D eigenvalue weighted by atomic mass is 10.3. The van der Waals surface area contributed by atoms with E-state index in [1.807, 2.05) is 45.5 Å². The molecule has 0 amide bonds. The maximum atomic E-state index is 11.1. The molecule has 0 aliphatic heterocycles. The van der Waals surface area contributed by atoms with Gasteiger partial charge in [0.25, 0.3) is 0 Å². The Balaban J connectivity index is 0.000000147. The van der Waals surface area contributed by atoms with Crippen molar-refractivity contribution in [3.8, 4) is 21.1 Å². The summed E-state index contributed by atoms with van der Waals surface area (Å²) in [6.45, 7) is 1.57. The highest BCUT2D eigenvalue weighted by Gasteiger charge is 2.11. The molecule has 0 atom stereocenters. The highest BCUT2D eigenvalue weighted by molar-refractivity contribution is 7.18. The fourth-order valence-electron chi connectivity index (χ4n) is 3.41. The van der Waals surface area contributed by atoms with Crippen molar-refractivity contribution in [2.75, 3.05) is 5.73 Å². The van der Waals surface area contributed by atoms with Gasteiger partial charge in [-0.15, -0.1) is 11.3 Å². The van der Waals surface area contributed by atoms with Gasteiger partial charge < -0.3 is 5.73 Å². The quantitative estimate of drug-likeness (QED) is 0.296. The van der Waals surface area contributed by atoms with Crippen LogP contribution in [0.5, 0.6) is 0 Å². The number of Topliss-reactive ketones (excluding diaryl/α,β-unsaturated/α-hetero) is 1. The van der Waals surface area contributed by atoms with Crippen molar-refractivity contribution in [3.63, 3.8) is 0 Å². The van der Waals surface area contributed by atoms with E-state index >= 15 is 0 Å². The molecule has 0 fully saturated rings. The van der Waals surface area contributed by atoms with Crippen molar-refractivity contribution in [1.29, 1.82) is 0 Å². The van der Waals surface area contributed by atoms with E-state index in [-0.39, 0.29) is 5.78 Å². The number of pyridine rings is 2. The van der Waals surface area contributed by atoms with Gasteiger partial charge in [-0.2, -0.15) is 0 Å². The lowest BCUT2D eigenvalue weighted by Crippen LogP contribution is -1.94. The molecule has 2 N–H and O–H groups in total. The van der Waals surface area contributed by atoms with Gasteiger partial charge in [0.05, 0.1) is 40.0 Å². The first-order chi connectivity index (χ1) is 16.9. The summed E-state index contributed by atoms with van der Waals surface area (Å²) in [6.07, 6.45) is 11.3. The Kier molecular flexibility index (Phi) is 6.52. The zero-order valence-corrected chi connectivity index (χ0v) is 21.4. The van der Waals surface area contributed by atoms with Crippen LogP contribution < -0.4 is 5.73 Å². The van der Waals surface area contributed by atoms with E-state index in [2.05, 4.69) is 19.9 Å². The van der Waals surface area contributed by atoms with Crippen LogP contribution in [0.15, 0.2) is 61.4 Å². The number of nitrogens with two attached hydrogens (primary N) is 1. The van der Waals surface area contributed by atoms with E-state index < -0.39 is 0 Å². The third-order valence-corrected chi connectivity index (χ3v) is 7.27. The van der Waals surface area contributed by atoms with Crippen LogP contribution in [0.3, 0.4) is 0 Å². The Morgan fingerprint density at radius 3 is 1.91 bits per heavy atom. The standard InChI is InChI=1S/C13H10ClN3OS.C10H7ClN4S/c1-8(18)4-13-16-7-11(19-13)10-6-15-12-5-9(14)2-3-17(10)12;11-6-1-2-15-7(4-13-9(15)3-6)8-5-14-10(12)16-8/h2-3,5-7H,4H2,1H3;1-5H,(H2,12,14). The monoisotopic (exact) mass is 541 g/mol. The zero-order chi connectivity index (χ0) is 24.5. The number of imidazole rings is 2. The Bertz CT molecular complexity index is 1670. The van der Waals surface area contributed by atoms with Crippen LogP contribution >= 0.6 is 45.9 Å². The summed E-state index contributed by atoms with van der Waals surface area (Å²) < 4.78 is 3.91. The molecule has 0 radical (unpaired) electrons. The second kappa shape index (κ2) is 9.74. The van der Waals surface area contributed by atoms with Crippen LogP contribution in [-0.2, 0) is 11.2 Å². The van der Waals surface area contributed by atoms with E-state index in [1.165, 1.54) is 22.7 Å². The van der Waals surface area contributed by atoms with Crippen LogP contribution in [0.25, 0.3) is 32.4 Å². The summed E-state index contributed by atoms with van der Waals surface area (Å²) in [6, 6.07) is 7.26. The highest BCUT2D eigenvalue weighted by Crippen LogP contribution is 2.29. The van der Waals surface area contributed by atoms with Crippen LogP contribution in [0.1, 0.15) is 11.9 Å². The fraction of sp³-hybridized carbons (Fsp3) is 0.0870. The Labute approximate surface area is 217 Å². The number of hydrogen-bond acceptors (Lipinski definition) is 8. The molecule has 0 aliphatic carbocycles. The smallest absolute Gasteiger partial charge is 0.180 e. The molecule has 0 saturated heterocycles. The number of thiazole rings is 2. The minimum absolute atomic E-state index is 0.117. The topological polar surface area (TPSA) is 103 Å². The molecule has 0 bridgehead atoms. The number of carbonyl (C=O) groups is 1. The van der Waals surface area contributed by atoms with Gasteiger partial charge in [-0.05, 0) is 19.1 Å². The lowest BCUT2D eigenvalue weighted by molar-refractivity contribution is -0.116. The molecular formula is C23H17Cl2N7OS2. The molecule has 6 rings (SSSR count). The number of aromatic nitrogens is 6. The summed E-state index contributed by atoms with van der Waals surface area (Å²) in [5.41, 5.74) is 9.15. The molecule has 0 spiro atoms. The first-order valence-corrected chi connectivity index (χ1v) is 12.7. The van der Waals surface area contributed by atoms with Gasteiger partial charge in [-0.1, -0.05) is 34.5 Å². The van der Waals surface area contributed by atoms with E-state index in [0.717, 1.165) is 37.4 Å². The van der Waals surface area contributed by atoms with Crippen molar-refractivity contribution >= 4 is 68.1 Å². The normalized spacial score (nSPS) is 11.1. The van der Waals surface area contributed by atoms with Gasteiger partial charge in [0.2, 0.25) is 0 Å². The maximum absolute atomic E-state index is 11.1. The first kappa shape index (κ1) is 23.4. The highest BCUT2D eigenvalue weighted by atomic mass is 35.5. The van der Waals surface area contributed by atoms with E-state index in [0.29, 0.717) is 21.6 Å². The Morgan fingerprint density at radius 1 is 0.857 bits per heavy atom. The number of nitrogen functional groups attached to an aromatic ring is 1. The molecule has 6 aromatic heterocycles.